The molecule has 150 valence electrons. The van der Waals surface area contributed by atoms with Crippen LogP contribution >= 0.6 is 23.2 Å². The first-order valence-electron chi connectivity index (χ1n) is 8.48. The predicted molar refractivity (Wildman–Crippen MR) is 110 cm³/mol. The molecule has 0 heterocycles. The lowest BCUT2D eigenvalue weighted by molar-refractivity contribution is 0.0734. The van der Waals surface area contributed by atoms with E-state index in [0.717, 1.165) is 0 Å². The maximum atomic E-state index is 12.4. The van der Waals surface area contributed by atoms with Crippen LogP contribution in [0.4, 0.5) is 0 Å². The first-order valence-corrected chi connectivity index (χ1v) is 9.23. The molecule has 0 spiro atoms. The van der Waals surface area contributed by atoms with E-state index in [4.69, 9.17) is 32.7 Å². The van der Waals surface area contributed by atoms with E-state index in [1.165, 1.54) is 72.8 Å². The van der Waals surface area contributed by atoms with Gasteiger partial charge in [-0.15, -0.1) is 0 Å². The van der Waals surface area contributed by atoms with Gasteiger partial charge in [0.15, 0.2) is 0 Å². The third-order valence-corrected chi connectivity index (χ3v) is 4.35. The number of ether oxygens (including phenoxy) is 2. The Hall–Kier alpha value is -3.48. The van der Waals surface area contributed by atoms with Crippen LogP contribution in [0.5, 0.6) is 11.5 Å². The standard InChI is InChI=1S/C22H12Cl2O6/c23-19(25)13-4-8-17(9-5-13)29-21(27)15-2-1-3-16(12-15)22(28)30-18-10-6-14(7-11-18)20(24)26/h1-12H. The summed E-state index contributed by atoms with van der Waals surface area (Å²) < 4.78 is 10.5. The zero-order chi connectivity index (χ0) is 21.7. The van der Waals surface area contributed by atoms with Crippen LogP contribution in [0, 0.1) is 0 Å². The lowest BCUT2D eigenvalue weighted by atomic mass is 10.1. The molecule has 0 radical (unpaired) electrons. The molecule has 3 aromatic rings. The monoisotopic (exact) mass is 442 g/mol. The van der Waals surface area contributed by atoms with E-state index >= 15 is 0 Å². The van der Waals surface area contributed by atoms with Gasteiger partial charge in [0.05, 0.1) is 11.1 Å². The van der Waals surface area contributed by atoms with E-state index in [9.17, 15) is 19.2 Å². The molecule has 30 heavy (non-hydrogen) atoms. The molecule has 6 nitrogen and oxygen atoms in total. The van der Waals surface area contributed by atoms with Gasteiger partial charge >= 0.3 is 11.9 Å². The average Bonchev–Trinajstić information content (AvgIpc) is 2.74. The Morgan fingerprint density at radius 1 is 0.533 bits per heavy atom. The fourth-order valence-electron chi connectivity index (χ4n) is 2.41. The molecule has 0 atom stereocenters. The summed E-state index contributed by atoms with van der Waals surface area (Å²) in [6.07, 6.45) is 0. The molecule has 3 aromatic carbocycles. The molecular weight excluding hydrogens is 431 g/mol. The number of esters is 2. The van der Waals surface area contributed by atoms with Crippen LogP contribution < -0.4 is 9.47 Å². The minimum absolute atomic E-state index is 0.130. The van der Waals surface area contributed by atoms with E-state index in [0.29, 0.717) is 0 Å². The first kappa shape index (κ1) is 21.2. The van der Waals surface area contributed by atoms with Gasteiger partial charge in [-0.05, 0) is 89.9 Å². The lowest BCUT2D eigenvalue weighted by Crippen LogP contribution is -2.12. The topological polar surface area (TPSA) is 86.7 Å². The predicted octanol–water partition coefficient (Wildman–Crippen LogP) is 4.88. The maximum Gasteiger partial charge on any atom is 0.343 e. The maximum absolute atomic E-state index is 12.4. The highest BCUT2D eigenvalue weighted by atomic mass is 35.5. The van der Waals surface area contributed by atoms with Gasteiger partial charge in [0.25, 0.3) is 10.5 Å². The second kappa shape index (κ2) is 9.35. The van der Waals surface area contributed by atoms with Crippen molar-refractivity contribution in [2.75, 3.05) is 0 Å². The molecule has 0 bridgehead atoms. The molecule has 0 saturated carbocycles. The first-order chi connectivity index (χ1) is 14.3. The van der Waals surface area contributed by atoms with Gasteiger partial charge in [0.2, 0.25) is 0 Å². The molecule has 8 heteroatoms. The Bertz CT molecular complexity index is 1030. The number of halogens is 2. The summed E-state index contributed by atoms with van der Waals surface area (Å²) in [6, 6.07) is 17.2. The van der Waals surface area contributed by atoms with Crippen molar-refractivity contribution in [1.29, 1.82) is 0 Å². The third kappa shape index (κ3) is 5.31. The smallest absolute Gasteiger partial charge is 0.343 e. The zero-order valence-corrected chi connectivity index (χ0v) is 16.6. The Kier molecular flexibility index (Phi) is 6.61. The van der Waals surface area contributed by atoms with E-state index in [-0.39, 0.29) is 33.8 Å². The third-order valence-electron chi connectivity index (χ3n) is 3.92. The number of hydrogen-bond donors (Lipinski definition) is 0. The van der Waals surface area contributed by atoms with Gasteiger partial charge < -0.3 is 9.47 Å². The molecule has 0 aromatic heterocycles. The summed E-state index contributed by atoms with van der Waals surface area (Å²) in [6.45, 7) is 0. The summed E-state index contributed by atoms with van der Waals surface area (Å²) >= 11 is 10.7. The minimum Gasteiger partial charge on any atom is -0.423 e. The van der Waals surface area contributed by atoms with E-state index in [2.05, 4.69) is 0 Å². The average molecular weight is 443 g/mol. The normalized spacial score (nSPS) is 10.2. The Labute approximate surface area is 180 Å². The van der Waals surface area contributed by atoms with Crippen molar-refractivity contribution in [2.24, 2.45) is 0 Å². The van der Waals surface area contributed by atoms with Crippen LogP contribution in [0.2, 0.25) is 0 Å². The Balaban J connectivity index is 1.69. The second-order valence-electron chi connectivity index (χ2n) is 5.96. The highest BCUT2D eigenvalue weighted by molar-refractivity contribution is 6.68. The van der Waals surface area contributed by atoms with Gasteiger partial charge in [-0.25, -0.2) is 9.59 Å². The summed E-state index contributed by atoms with van der Waals surface area (Å²) in [7, 11) is 0. The number of hydrogen-bond acceptors (Lipinski definition) is 6. The summed E-state index contributed by atoms with van der Waals surface area (Å²) in [5.74, 6) is -0.966. The lowest BCUT2D eigenvalue weighted by Gasteiger charge is -2.07. The molecule has 0 aliphatic heterocycles. The van der Waals surface area contributed by atoms with Crippen LogP contribution in [-0.4, -0.2) is 22.4 Å². The van der Waals surface area contributed by atoms with E-state index < -0.39 is 22.4 Å². The van der Waals surface area contributed by atoms with Gasteiger partial charge in [-0.2, -0.15) is 0 Å². The molecule has 0 fully saturated rings. The van der Waals surface area contributed by atoms with Gasteiger partial charge in [0, 0.05) is 11.1 Å². The highest BCUT2D eigenvalue weighted by Gasteiger charge is 2.15. The van der Waals surface area contributed by atoms with Crippen molar-refractivity contribution in [3.63, 3.8) is 0 Å². The summed E-state index contributed by atoms with van der Waals surface area (Å²) in [4.78, 5) is 46.9. The second-order valence-corrected chi connectivity index (χ2v) is 6.64. The van der Waals surface area contributed by atoms with Crippen molar-refractivity contribution in [3.8, 4) is 11.5 Å². The van der Waals surface area contributed by atoms with Crippen LogP contribution in [0.1, 0.15) is 41.4 Å². The molecule has 3 rings (SSSR count). The van der Waals surface area contributed by atoms with Crippen LogP contribution in [0.15, 0.2) is 72.8 Å². The molecule has 0 aliphatic carbocycles. The SMILES string of the molecule is O=C(Cl)c1ccc(OC(=O)c2cccc(C(=O)Oc3ccc(C(=O)Cl)cc3)c2)cc1. The molecule has 0 amide bonds. The Morgan fingerprint density at radius 2 is 0.900 bits per heavy atom. The Morgan fingerprint density at radius 3 is 1.23 bits per heavy atom. The summed E-state index contributed by atoms with van der Waals surface area (Å²) in [5.41, 5.74) is 0.796. The molecule has 0 saturated heterocycles. The van der Waals surface area contributed by atoms with Crippen LogP contribution in [0.3, 0.4) is 0 Å². The van der Waals surface area contributed by atoms with Crippen LogP contribution in [0.25, 0.3) is 0 Å². The number of carbonyl (C=O) groups is 4. The van der Waals surface area contributed by atoms with Crippen molar-refractivity contribution in [1.82, 2.24) is 0 Å². The van der Waals surface area contributed by atoms with Gasteiger partial charge in [-0.3, -0.25) is 9.59 Å². The molecule has 0 unspecified atom stereocenters. The number of carbonyl (C=O) groups excluding carboxylic acids is 4. The minimum atomic E-state index is -0.695. The van der Waals surface area contributed by atoms with E-state index in [1.54, 1.807) is 0 Å². The molecule has 0 aliphatic rings. The molecule has 0 N–H and O–H groups in total. The summed E-state index contributed by atoms with van der Waals surface area (Å²) in [5, 5.41) is -1.24. The zero-order valence-electron chi connectivity index (χ0n) is 15.1. The quantitative estimate of drug-likeness (QED) is 0.307. The molecular formula is C22H12Cl2O6. The van der Waals surface area contributed by atoms with Crippen molar-refractivity contribution < 1.29 is 28.7 Å². The van der Waals surface area contributed by atoms with Crippen molar-refractivity contribution >= 4 is 45.6 Å². The van der Waals surface area contributed by atoms with Gasteiger partial charge in [0.1, 0.15) is 11.5 Å². The number of benzene rings is 3. The fraction of sp³-hybridized carbons (Fsp3) is 0. The van der Waals surface area contributed by atoms with E-state index in [1.807, 2.05) is 0 Å². The van der Waals surface area contributed by atoms with Crippen molar-refractivity contribution in [2.45, 2.75) is 0 Å². The van der Waals surface area contributed by atoms with Gasteiger partial charge in [-0.1, -0.05) is 6.07 Å². The largest absolute Gasteiger partial charge is 0.423 e. The highest BCUT2D eigenvalue weighted by Crippen LogP contribution is 2.18. The fourth-order valence-corrected chi connectivity index (χ4v) is 2.67. The number of rotatable bonds is 6. The van der Waals surface area contributed by atoms with Crippen LogP contribution in [-0.2, 0) is 0 Å². The van der Waals surface area contributed by atoms with Crippen molar-refractivity contribution in [3.05, 3.63) is 95.1 Å².